The zero-order chi connectivity index (χ0) is 25.3. The quantitative estimate of drug-likeness (QED) is 0.573. The van der Waals surface area contributed by atoms with Crippen molar-refractivity contribution in [2.75, 3.05) is 20.8 Å². The Hall–Kier alpha value is -3.22. The summed E-state index contributed by atoms with van der Waals surface area (Å²) in [5.41, 5.74) is 1.27. The van der Waals surface area contributed by atoms with Crippen molar-refractivity contribution >= 4 is 11.9 Å². The second kappa shape index (κ2) is 8.88. The van der Waals surface area contributed by atoms with Crippen LogP contribution in [0.1, 0.15) is 47.7 Å². The van der Waals surface area contributed by atoms with Gasteiger partial charge in [0.25, 0.3) is 0 Å². The normalized spacial score (nSPS) is 14.8. The molecule has 3 rings (SSSR count). The highest BCUT2D eigenvalue weighted by Crippen LogP contribution is 2.45. The molecule has 0 amide bonds. The fourth-order valence-corrected chi connectivity index (χ4v) is 3.16. The standard InChI is InChI=1S/C24H28O7/c1-14(2)31-23(26)24(3,4)13-30-20-17(9-10-19(27-5)21(20)28-6)15-7-8-18-16(11-15)12-29-22(18)25/h7-11,14H,12-13H2,1-6H3/i6D3. The van der Waals surface area contributed by atoms with E-state index in [2.05, 4.69) is 0 Å². The molecular formula is C24H28O7. The number of esters is 2. The van der Waals surface area contributed by atoms with E-state index in [4.69, 9.17) is 27.8 Å². The first-order valence-corrected chi connectivity index (χ1v) is 9.86. The van der Waals surface area contributed by atoms with Gasteiger partial charge in [-0.25, -0.2) is 4.79 Å². The van der Waals surface area contributed by atoms with Gasteiger partial charge in [0.15, 0.2) is 11.5 Å². The van der Waals surface area contributed by atoms with Crippen molar-refractivity contribution in [2.45, 2.75) is 40.4 Å². The van der Waals surface area contributed by atoms with Gasteiger partial charge in [-0.3, -0.25) is 4.79 Å². The van der Waals surface area contributed by atoms with Gasteiger partial charge in [0.2, 0.25) is 5.75 Å². The molecule has 0 radical (unpaired) electrons. The Bertz CT molecular complexity index is 1090. The summed E-state index contributed by atoms with van der Waals surface area (Å²) in [5.74, 6) is -0.743. The lowest BCUT2D eigenvalue weighted by Gasteiger charge is -2.26. The average Bonchev–Trinajstić information content (AvgIpc) is 3.11. The van der Waals surface area contributed by atoms with Gasteiger partial charge >= 0.3 is 11.9 Å². The molecule has 1 aliphatic heterocycles. The topological polar surface area (TPSA) is 80.3 Å². The van der Waals surface area contributed by atoms with E-state index in [0.717, 1.165) is 0 Å². The third kappa shape index (κ3) is 4.60. The van der Waals surface area contributed by atoms with Gasteiger partial charge in [-0.1, -0.05) is 6.07 Å². The van der Waals surface area contributed by atoms with Crippen molar-refractivity contribution in [1.29, 1.82) is 0 Å². The molecular weight excluding hydrogens is 400 g/mol. The van der Waals surface area contributed by atoms with Crippen LogP contribution in [0, 0.1) is 5.41 Å². The van der Waals surface area contributed by atoms with Crippen LogP contribution in [0.4, 0.5) is 0 Å². The SMILES string of the molecule is [2H]C([2H])([2H])Oc1c(OC)ccc(-c2ccc3c(c2)COC3=O)c1OCC(C)(C)C(=O)OC(C)C. The number of carbonyl (C=O) groups excluding carboxylic acids is 2. The molecule has 7 nitrogen and oxygen atoms in total. The predicted molar refractivity (Wildman–Crippen MR) is 115 cm³/mol. The van der Waals surface area contributed by atoms with E-state index in [-0.39, 0.29) is 36.6 Å². The molecule has 31 heavy (non-hydrogen) atoms. The maximum atomic E-state index is 12.6. The van der Waals surface area contributed by atoms with E-state index >= 15 is 0 Å². The van der Waals surface area contributed by atoms with Crippen LogP contribution < -0.4 is 14.2 Å². The third-order valence-electron chi connectivity index (χ3n) is 4.87. The summed E-state index contributed by atoms with van der Waals surface area (Å²) in [5, 5.41) is 0. The maximum Gasteiger partial charge on any atom is 0.338 e. The Morgan fingerprint density at radius 2 is 1.90 bits per heavy atom. The number of fused-ring (bicyclic) bond motifs is 1. The van der Waals surface area contributed by atoms with Crippen LogP contribution in [0.3, 0.4) is 0 Å². The molecule has 0 atom stereocenters. The fraction of sp³-hybridized carbons (Fsp3) is 0.417. The zero-order valence-corrected chi connectivity index (χ0v) is 18.2. The molecule has 7 heteroatoms. The molecule has 0 aliphatic carbocycles. The van der Waals surface area contributed by atoms with Crippen LogP contribution in [-0.4, -0.2) is 38.8 Å². The molecule has 166 valence electrons. The molecule has 1 heterocycles. The Kier molecular flexibility index (Phi) is 5.31. The third-order valence-corrected chi connectivity index (χ3v) is 4.87. The summed E-state index contributed by atoms with van der Waals surface area (Å²) >= 11 is 0. The van der Waals surface area contributed by atoms with Crippen LogP contribution >= 0.6 is 0 Å². The first-order valence-electron chi connectivity index (χ1n) is 11.4. The fourth-order valence-electron chi connectivity index (χ4n) is 3.16. The monoisotopic (exact) mass is 431 g/mol. The predicted octanol–water partition coefficient (Wildman–Crippen LogP) is 4.40. The zero-order valence-electron chi connectivity index (χ0n) is 21.2. The number of ether oxygens (including phenoxy) is 5. The Balaban J connectivity index is 2.08. The maximum absolute atomic E-state index is 12.6. The molecule has 0 saturated heterocycles. The van der Waals surface area contributed by atoms with Crippen molar-refractivity contribution < 1.29 is 37.4 Å². The van der Waals surface area contributed by atoms with Crippen LogP contribution in [0.2, 0.25) is 0 Å². The molecule has 0 aromatic heterocycles. The summed E-state index contributed by atoms with van der Waals surface area (Å²) in [6.07, 6.45) is -0.301. The lowest BCUT2D eigenvalue weighted by molar-refractivity contribution is -0.159. The molecule has 0 saturated carbocycles. The number of carbonyl (C=O) groups is 2. The van der Waals surface area contributed by atoms with Crippen LogP contribution in [0.5, 0.6) is 17.2 Å². The van der Waals surface area contributed by atoms with Crippen molar-refractivity contribution in [3.63, 3.8) is 0 Å². The van der Waals surface area contributed by atoms with Gasteiger partial charge < -0.3 is 23.7 Å². The minimum absolute atomic E-state index is 0.0890. The number of rotatable bonds is 8. The number of benzene rings is 2. The van der Waals surface area contributed by atoms with Gasteiger partial charge in [0.05, 0.1) is 35.3 Å². The highest BCUT2D eigenvalue weighted by Gasteiger charge is 2.32. The highest BCUT2D eigenvalue weighted by molar-refractivity contribution is 5.94. The van der Waals surface area contributed by atoms with Gasteiger partial charge in [-0.15, -0.1) is 0 Å². The van der Waals surface area contributed by atoms with Crippen LogP contribution in [0.15, 0.2) is 30.3 Å². The smallest absolute Gasteiger partial charge is 0.338 e. The lowest BCUT2D eigenvalue weighted by atomic mass is 9.94. The van der Waals surface area contributed by atoms with E-state index in [1.807, 2.05) is 0 Å². The van der Waals surface area contributed by atoms with E-state index in [1.165, 1.54) is 7.11 Å². The van der Waals surface area contributed by atoms with Crippen molar-refractivity contribution in [3.05, 3.63) is 41.5 Å². The average molecular weight is 431 g/mol. The van der Waals surface area contributed by atoms with Crippen molar-refractivity contribution in [2.24, 2.45) is 5.41 Å². The largest absolute Gasteiger partial charge is 0.493 e. The first kappa shape index (κ1) is 18.5. The molecule has 0 spiro atoms. The summed E-state index contributed by atoms with van der Waals surface area (Å²) in [6.45, 7) is 6.85. The van der Waals surface area contributed by atoms with Crippen molar-refractivity contribution in [3.8, 4) is 28.4 Å². The number of cyclic esters (lactones) is 1. The lowest BCUT2D eigenvalue weighted by Crippen LogP contribution is -2.34. The Morgan fingerprint density at radius 3 is 2.58 bits per heavy atom. The number of hydrogen-bond donors (Lipinski definition) is 0. The van der Waals surface area contributed by atoms with Gasteiger partial charge in [0, 0.05) is 11.1 Å². The molecule has 2 aromatic rings. The minimum atomic E-state index is -2.78. The molecule has 0 bridgehead atoms. The van der Waals surface area contributed by atoms with E-state index in [9.17, 15) is 9.59 Å². The van der Waals surface area contributed by atoms with E-state index < -0.39 is 24.4 Å². The minimum Gasteiger partial charge on any atom is -0.493 e. The Morgan fingerprint density at radius 1 is 1.16 bits per heavy atom. The van der Waals surface area contributed by atoms with Gasteiger partial charge in [-0.2, -0.15) is 0 Å². The summed E-state index contributed by atoms with van der Waals surface area (Å²) in [6, 6.07) is 8.38. The van der Waals surface area contributed by atoms with Crippen molar-refractivity contribution in [1.82, 2.24) is 0 Å². The molecule has 0 N–H and O–H groups in total. The first-order chi connectivity index (χ1) is 15.8. The molecule has 2 aromatic carbocycles. The molecule has 0 unspecified atom stereocenters. The van der Waals surface area contributed by atoms with Crippen LogP contribution in [-0.2, 0) is 20.9 Å². The van der Waals surface area contributed by atoms with Gasteiger partial charge in [0.1, 0.15) is 13.2 Å². The summed E-state index contributed by atoms with van der Waals surface area (Å²) in [7, 11) is -1.40. The second-order valence-electron chi connectivity index (χ2n) is 8.15. The van der Waals surface area contributed by atoms with E-state index in [0.29, 0.717) is 22.3 Å². The van der Waals surface area contributed by atoms with Gasteiger partial charge in [-0.05, 0) is 57.5 Å². The number of methoxy groups -OCH3 is 2. The summed E-state index contributed by atoms with van der Waals surface area (Å²) in [4.78, 5) is 24.4. The summed E-state index contributed by atoms with van der Waals surface area (Å²) < 4.78 is 49.9. The Labute approximate surface area is 186 Å². The molecule has 0 fully saturated rings. The molecule has 1 aliphatic rings. The van der Waals surface area contributed by atoms with Crippen LogP contribution in [0.25, 0.3) is 11.1 Å². The van der Waals surface area contributed by atoms with E-state index in [1.54, 1.807) is 58.0 Å². The highest BCUT2D eigenvalue weighted by atomic mass is 16.6. The second-order valence-corrected chi connectivity index (χ2v) is 8.15. The number of hydrogen-bond acceptors (Lipinski definition) is 7.